The van der Waals surface area contributed by atoms with Gasteiger partial charge in [-0.3, -0.25) is 64.4 Å². The summed E-state index contributed by atoms with van der Waals surface area (Å²) >= 11 is 0. The Labute approximate surface area is 843 Å². The van der Waals surface area contributed by atoms with Crippen LogP contribution in [0.1, 0.15) is 212 Å². The highest BCUT2D eigenvalue weighted by Gasteiger charge is 2.37. The third-order valence-corrected chi connectivity index (χ3v) is 24.4. The maximum atomic E-state index is 12.7. The second kappa shape index (κ2) is 53.1. The van der Waals surface area contributed by atoms with E-state index < -0.39 is 53.2 Å². The summed E-state index contributed by atoms with van der Waals surface area (Å²) in [6, 6.07) is 38.8. The average Bonchev–Trinajstić information content (AvgIpc) is 1.57. The Morgan fingerprint density at radius 1 is 0.338 bits per heavy atom. The van der Waals surface area contributed by atoms with Crippen LogP contribution in [0.3, 0.4) is 0 Å². The maximum absolute atomic E-state index is 12.7. The number of para-hydroxylation sites is 1. The van der Waals surface area contributed by atoms with Crippen LogP contribution in [-0.4, -0.2) is 239 Å². The van der Waals surface area contributed by atoms with Gasteiger partial charge >= 0.3 is 18.2 Å². The molecule has 6 N–H and O–H groups in total. The Morgan fingerprint density at radius 2 is 0.703 bits per heavy atom. The maximum Gasteiger partial charge on any atom is 0.407 e. The highest BCUT2D eigenvalue weighted by atomic mass is 16.6. The summed E-state index contributed by atoms with van der Waals surface area (Å²) in [4.78, 5) is 150. The van der Waals surface area contributed by atoms with Crippen molar-refractivity contribution >= 4 is 153 Å². The first-order valence-corrected chi connectivity index (χ1v) is 50.5. The largest absolute Gasteiger partial charge is 0.460 e. The number of aryl methyl sites for hydroxylation is 4. The number of hydrogen-bond donors (Lipinski definition) is 6. The lowest BCUT2D eigenvalue weighted by molar-refractivity contribution is -0.155. The molecule has 4 aliphatic heterocycles. The molecule has 4 unspecified atom stereocenters. The fourth-order valence-corrected chi connectivity index (χ4v) is 18.1. The second-order valence-corrected chi connectivity index (χ2v) is 39.1. The number of benzene rings is 4. The molecule has 10 amide bonds. The quantitative estimate of drug-likeness (QED) is 0.00894. The smallest absolute Gasteiger partial charge is 0.407 e. The van der Waals surface area contributed by atoms with Crippen LogP contribution in [-0.2, 0) is 121 Å². The van der Waals surface area contributed by atoms with Crippen molar-refractivity contribution < 1.29 is 105 Å². The molecule has 776 valence electrons. The topological polar surface area (TPSA) is 433 Å². The molecule has 8 aromatic heterocycles. The lowest BCUT2D eigenvalue weighted by Crippen LogP contribution is -2.41. The summed E-state index contributed by atoms with van der Waals surface area (Å²) in [6.45, 7) is 28.0. The second-order valence-electron chi connectivity index (χ2n) is 39.1. The lowest BCUT2D eigenvalue weighted by atomic mass is 10.0. The number of carbonyl (C=O) groups is 11. The van der Waals surface area contributed by atoms with E-state index in [9.17, 15) is 52.7 Å². The molecule has 0 bridgehead atoms. The molecule has 0 spiro atoms. The van der Waals surface area contributed by atoms with E-state index >= 15 is 0 Å². The first-order chi connectivity index (χ1) is 69.9. The highest BCUT2D eigenvalue weighted by molar-refractivity contribution is 6.13. The van der Waals surface area contributed by atoms with Crippen LogP contribution in [0, 0.1) is 0 Å². The first kappa shape index (κ1) is 109. The zero-order valence-electron chi connectivity index (χ0n) is 84.9. The number of alkyl carbamates (subject to hydrolysis) is 2. The van der Waals surface area contributed by atoms with Gasteiger partial charge in [-0.1, -0.05) is 55.5 Å². The van der Waals surface area contributed by atoms with E-state index in [2.05, 4.69) is 102 Å². The van der Waals surface area contributed by atoms with Gasteiger partial charge in [-0.25, -0.2) is 29.5 Å². The molecule has 16 rings (SSSR count). The third-order valence-electron chi connectivity index (χ3n) is 24.4. The van der Waals surface area contributed by atoms with E-state index in [0.717, 1.165) is 163 Å². The molecule has 36 heteroatoms. The number of esters is 1. The molecule has 12 heterocycles. The van der Waals surface area contributed by atoms with Gasteiger partial charge in [0.1, 0.15) is 63.6 Å². The minimum atomic E-state index is -0.522. The van der Waals surface area contributed by atoms with Crippen LogP contribution in [0.5, 0.6) is 0 Å². The first-order valence-electron chi connectivity index (χ1n) is 50.5. The van der Waals surface area contributed by atoms with E-state index in [1.54, 1.807) is 18.6 Å². The van der Waals surface area contributed by atoms with Gasteiger partial charge < -0.3 is 81.0 Å². The zero-order valence-corrected chi connectivity index (χ0v) is 84.9. The Morgan fingerprint density at radius 3 is 1.18 bits per heavy atom. The number of rotatable bonds is 44. The van der Waals surface area contributed by atoms with E-state index in [-0.39, 0.29) is 53.2 Å². The number of nitrogens with zero attached hydrogens (tertiary/aromatic N) is 8. The molecule has 4 atom stereocenters. The number of fused-ring (bicyclic) bond motifs is 12. The molecular weight excluding hydrogens is 1860 g/mol. The predicted octanol–water partition coefficient (Wildman–Crippen LogP) is 15.1. The van der Waals surface area contributed by atoms with Crippen LogP contribution in [0.15, 0.2) is 146 Å². The molecule has 0 aliphatic carbocycles. The monoisotopic (exact) mass is 2000 g/mol. The SMILES string of the molecule is CC(C)(C)OC(=O)CCCOCCOCCCc1ccc2c(c1)c1cccnc1n2C1CCC(=O)NC1=O.CC(C)(C)OC(=O)NCCOCCOCCCc1ccc2c3cccnc3n(C3CCC(=O)NC3=O)c2c1.CC(C)(C)OC(=O)NCCOCCOCCCc1cccc2c1c1cccnc1n2C1CCC(=O)NC1=O.CCCOCCOCCCc1cnc2c(c1)c1ccccc1n2C1CCC(=O)NC1=O. The number of carbonyl (C=O) groups excluding carboxylic acids is 11. The summed E-state index contributed by atoms with van der Waals surface area (Å²) in [7, 11) is 0. The summed E-state index contributed by atoms with van der Waals surface area (Å²) in [6.07, 6.45) is 18.1. The number of ether oxygens (including phenoxy) is 11. The van der Waals surface area contributed by atoms with Crippen LogP contribution < -0.4 is 31.9 Å². The average molecular weight is 2000 g/mol. The number of nitrogens with one attached hydrogen (secondary N) is 6. The Hall–Kier alpha value is -13.1. The lowest BCUT2D eigenvalue weighted by Gasteiger charge is -2.23. The fourth-order valence-electron chi connectivity index (χ4n) is 18.1. The molecule has 4 aromatic carbocycles. The van der Waals surface area contributed by atoms with Crippen molar-refractivity contribution in [3.63, 3.8) is 0 Å². The summed E-state index contributed by atoms with van der Waals surface area (Å²) < 4.78 is 68.2. The van der Waals surface area contributed by atoms with E-state index in [1.807, 2.05) is 160 Å². The van der Waals surface area contributed by atoms with Crippen molar-refractivity contribution in [2.24, 2.45) is 0 Å². The molecule has 4 aliphatic rings. The fraction of sp³-hybridized carbons (Fsp3) is 0.495. The van der Waals surface area contributed by atoms with Crippen LogP contribution in [0.2, 0.25) is 0 Å². The van der Waals surface area contributed by atoms with Gasteiger partial charge in [-0.15, -0.1) is 0 Å². The van der Waals surface area contributed by atoms with Crippen LogP contribution in [0.4, 0.5) is 9.59 Å². The molecule has 12 aromatic rings. The van der Waals surface area contributed by atoms with Crippen molar-refractivity contribution in [2.45, 2.75) is 232 Å². The van der Waals surface area contributed by atoms with Crippen molar-refractivity contribution in [3.8, 4) is 0 Å². The Kier molecular flexibility index (Phi) is 40.0. The van der Waals surface area contributed by atoms with Gasteiger partial charge in [-0.05, 0) is 247 Å². The normalized spacial score (nSPS) is 16.3. The standard InChI is InChI=1S/C29H37N3O6.2C28H36N4O6.C24H29N3O4/c1-29(2,3)38-26(34)9-6-16-37-18-17-36-15-5-7-20-10-11-23-22(19-20)21-8-4-14-30-27(21)32(23)24-12-13-25(33)31-28(24)35;1-28(2,3)38-27(35)30-14-16-37-18-17-36-15-6-8-19-7-4-10-21-24(19)20-9-5-13-29-25(20)32(21)22-11-12-23(33)31-26(22)34;1-28(2,3)38-27(35)30-13-15-37-17-16-36-14-5-6-19-8-9-20-21-7-4-12-29-25(21)32(23(20)18-19)22-10-11-24(33)31-26(22)34;1-2-11-30-13-14-31-12-5-6-17-15-19-18-7-3-4-8-20(18)27(23(19)25-16-17)21-9-10-22(28)26-24(21)29/h4,8,10-11,14,19,24H,5-7,9,12-13,15-18H2,1-3H3,(H,31,33,35);4-5,7,9-10,13,22H,6,8,11-12,14-18H2,1-3H3,(H,30,35)(H,31,33,34);4,7-9,12,18,22H,5-6,10-11,13-17H2,1-3H3,(H,30,35)(H,31,33,34);3-4,7-8,15-16,21H,2,5-6,9-14H2,1H3,(H,26,28,29). The molecule has 145 heavy (non-hydrogen) atoms. The molecule has 36 nitrogen and oxygen atoms in total. The number of hydrogen-bond acceptors (Lipinski definition) is 26. The number of amides is 10. The van der Waals surface area contributed by atoms with Crippen LogP contribution >= 0.6 is 0 Å². The van der Waals surface area contributed by atoms with Gasteiger partial charge in [-0.2, -0.15) is 0 Å². The van der Waals surface area contributed by atoms with Crippen molar-refractivity contribution in [2.75, 3.05) is 119 Å². The molecule has 4 fully saturated rings. The van der Waals surface area contributed by atoms with Gasteiger partial charge in [0.2, 0.25) is 47.3 Å². The number of imide groups is 4. The summed E-state index contributed by atoms with van der Waals surface area (Å²) in [5, 5.41) is 23.4. The van der Waals surface area contributed by atoms with Gasteiger partial charge in [0.15, 0.2) is 0 Å². The predicted molar refractivity (Wildman–Crippen MR) is 548 cm³/mol. The molecular formula is C109H138N14O22. The van der Waals surface area contributed by atoms with E-state index in [4.69, 9.17) is 57.1 Å². The minimum Gasteiger partial charge on any atom is -0.460 e. The molecule has 0 radical (unpaired) electrons. The van der Waals surface area contributed by atoms with E-state index in [1.165, 1.54) is 11.1 Å². The Balaban J connectivity index is 0.000000162. The summed E-state index contributed by atoms with van der Waals surface area (Å²) in [5.74, 6) is -2.21. The van der Waals surface area contributed by atoms with Crippen molar-refractivity contribution in [3.05, 3.63) is 168 Å². The van der Waals surface area contributed by atoms with Gasteiger partial charge in [0.05, 0.1) is 88.1 Å². The minimum absolute atomic E-state index is 0.202. The van der Waals surface area contributed by atoms with Crippen molar-refractivity contribution in [1.29, 1.82) is 0 Å². The number of pyridine rings is 4. The Bertz CT molecular complexity index is 6450. The van der Waals surface area contributed by atoms with Gasteiger partial charge in [0.25, 0.3) is 0 Å². The van der Waals surface area contributed by atoms with Gasteiger partial charge in [0, 0.05) is 153 Å². The molecule has 0 saturated carbocycles. The third kappa shape index (κ3) is 31.2. The zero-order chi connectivity index (χ0) is 103. The van der Waals surface area contributed by atoms with Crippen LogP contribution in [0.25, 0.3) is 87.7 Å². The van der Waals surface area contributed by atoms with Crippen molar-refractivity contribution in [1.82, 2.24) is 70.1 Å². The highest BCUT2D eigenvalue weighted by Crippen LogP contribution is 2.40. The number of piperidine rings is 4. The number of aromatic nitrogens is 8. The van der Waals surface area contributed by atoms with E-state index in [0.29, 0.717) is 176 Å². The molecule has 4 saturated heterocycles. The summed E-state index contributed by atoms with van der Waals surface area (Å²) in [5.41, 5.74) is 9.97.